The minimum Gasteiger partial charge on any atom is -0.481 e. The molecule has 1 aliphatic rings. The van der Waals surface area contributed by atoms with E-state index >= 15 is 0 Å². The van der Waals surface area contributed by atoms with Gasteiger partial charge in [-0.3, -0.25) is 9.59 Å². The number of carbonyl (C=O) groups excluding carboxylic acids is 1. The molecule has 0 aromatic rings. The first-order chi connectivity index (χ1) is 9.95. The first-order valence-corrected chi connectivity index (χ1v) is 7.56. The van der Waals surface area contributed by atoms with Crippen LogP contribution in [0.1, 0.15) is 52.9 Å². The van der Waals surface area contributed by atoms with Gasteiger partial charge in [-0.2, -0.15) is 13.2 Å². The molecule has 128 valence electrons. The summed E-state index contributed by atoms with van der Waals surface area (Å²) in [7, 11) is 0. The van der Waals surface area contributed by atoms with E-state index in [2.05, 4.69) is 5.32 Å². The zero-order valence-corrected chi connectivity index (χ0v) is 13.2. The summed E-state index contributed by atoms with van der Waals surface area (Å²) in [5.74, 6) is -3.80. The van der Waals surface area contributed by atoms with Gasteiger partial charge in [0, 0.05) is 11.5 Å². The van der Waals surface area contributed by atoms with Crippen molar-refractivity contribution in [1.29, 1.82) is 0 Å². The van der Waals surface area contributed by atoms with Gasteiger partial charge in [0.05, 0.1) is 12.3 Å². The van der Waals surface area contributed by atoms with E-state index in [9.17, 15) is 22.8 Å². The van der Waals surface area contributed by atoms with E-state index in [1.165, 1.54) is 0 Å². The van der Waals surface area contributed by atoms with Crippen LogP contribution in [-0.4, -0.2) is 28.7 Å². The van der Waals surface area contributed by atoms with Crippen molar-refractivity contribution in [3.8, 4) is 0 Å². The third kappa shape index (κ3) is 4.88. The second-order valence-corrected chi connectivity index (χ2v) is 6.73. The topological polar surface area (TPSA) is 66.4 Å². The lowest BCUT2D eigenvalue weighted by atomic mass is 9.79. The molecule has 0 aliphatic heterocycles. The fourth-order valence-corrected chi connectivity index (χ4v) is 2.82. The van der Waals surface area contributed by atoms with Crippen LogP contribution >= 0.6 is 0 Å². The molecule has 2 N–H and O–H groups in total. The predicted octanol–water partition coefficient (Wildman–Crippen LogP) is 3.36. The molecule has 7 heteroatoms. The molecule has 0 saturated heterocycles. The van der Waals surface area contributed by atoms with Crippen LogP contribution in [0.2, 0.25) is 0 Å². The highest BCUT2D eigenvalue weighted by molar-refractivity contribution is 5.80. The van der Waals surface area contributed by atoms with Crippen molar-refractivity contribution in [3.63, 3.8) is 0 Å². The summed E-state index contributed by atoms with van der Waals surface area (Å²) in [4.78, 5) is 23.3. The molecule has 0 spiro atoms. The molecule has 0 bridgehead atoms. The predicted molar refractivity (Wildman–Crippen MR) is 75.1 cm³/mol. The van der Waals surface area contributed by atoms with Gasteiger partial charge in [-0.1, -0.05) is 20.3 Å². The maximum atomic E-state index is 12.8. The molecule has 1 saturated carbocycles. The SMILES string of the molecule is CC(C)C(C)(CC(=O)O)NC(=O)C1CCCC(C(F)(F)F)C1. The van der Waals surface area contributed by atoms with Crippen LogP contribution in [0.25, 0.3) is 0 Å². The lowest BCUT2D eigenvalue weighted by molar-refractivity contribution is -0.186. The summed E-state index contributed by atoms with van der Waals surface area (Å²) >= 11 is 0. The summed E-state index contributed by atoms with van der Waals surface area (Å²) in [6.07, 6.45) is -3.91. The average molecular weight is 323 g/mol. The Labute approximate surface area is 128 Å². The molecular formula is C15H24F3NO3. The van der Waals surface area contributed by atoms with Crippen molar-refractivity contribution in [2.75, 3.05) is 0 Å². The van der Waals surface area contributed by atoms with Crippen molar-refractivity contribution in [3.05, 3.63) is 0 Å². The Morgan fingerprint density at radius 2 is 1.86 bits per heavy atom. The summed E-state index contributed by atoms with van der Waals surface area (Å²) in [5, 5.41) is 11.6. The number of hydrogen-bond acceptors (Lipinski definition) is 2. The quantitative estimate of drug-likeness (QED) is 0.815. The largest absolute Gasteiger partial charge is 0.481 e. The Balaban J connectivity index is 2.76. The van der Waals surface area contributed by atoms with Gasteiger partial charge in [0.1, 0.15) is 0 Å². The first kappa shape index (κ1) is 18.8. The highest BCUT2D eigenvalue weighted by Gasteiger charge is 2.44. The van der Waals surface area contributed by atoms with Gasteiger partial charge in [0.25, 0.3) is 0 Å². The number of rotatable bonds is 5. The van der Waals surface area contributed by atoms with Crippen LogP contribution in [0, 0.1) is 17.8 Å². The first-order valence-electron chi connectivity index (χ1n) is 7.56. The van der Waals surface area contributed by atoms with Crippen molar-refractivity contribution >= 4 is 11.9 Å². The highest BCUT2D eigenvalue weighted by Crippen LogP contribution is 2.40. The van der Waals surface area contributed by atoms with Gasteiger partial charge in [-0.05, 0) is 32.1 Å². The van der Waals surface area contributed by atoms with Gasteiger partial charge in [-0.15, -0.1) is 0 Å². The van der Waals surface area contributed by atoms with Crippen LogP contribution in [0.15, 0.2) is 0 Å². The van der Waals surface area contributed by atoms with E-state index in [4.69, 9.17) is 5.11 Å². The number of aliphatic carboxylic acids is 1. The zero-order chi connectivity index (χ0) is 17.1. The number of hydrogen-bond donors (Lipinski definition) is 2. The van der Waals surface area contributed by atoms with Crippen LogP contribution < -0.4 is 5.32 Å². The van der Waals surface area contributed by atoms with Gasteiger partial charge < -0.3 is 10.4 Å². The third-order valence-corrected chi connectivity index (χ3v) is 4.71. The molecule has 0 aromatic heterocycles. The van der Waals surface area contributed by atoms with E-state index < -0.39 is 35.4 Å². The van der Waals surface area contributed by atoms with Crippen LogP contribution in [0.3, 0.4) is 0 Å². The van der Waals surface area contributed by atoms with Gasteiger partial charge >= 0.3 is 12.1 Å². The number of nitrogens with one attached hydrogen (secondary N) is 1. The molecule has 3 unspecified atom stereocenters. The molecule has 3 atom stereocenters. The standard InChI is InChI=1S/C15H24F3NO3/c1-9(2)14(3,8-12(20)21)19-13(22)10-5-4-6-11(7-10)15(16,17)18/h9-11H,4-8H2,1-3H3,(H,19,22)(H,20,21). The van der Waals surface area contributed by atoms with Gasteiger partial charge in [-0.25, -0.2) is 0 Å². The zero-order valence-electron chi connectivity index (χ0n) is 13.2. The smallest absolute Gasteiger partial charge is 0.391 e. The van der Waals surface area contributed by atoms with E-state index in [1.807, 2.05) is 0 Å². The Hall–Kier alpha value is -1.27. The summed E-state index contributed by atoms with van der Waals surface area (Å²) in [6, 6.07) is 0. The maximum absolute atomic E-state index is 12.8. The third-order valence-electron chi connectivity index (χ3n) is 4.71. The Morgan fingerprint density at radius 1 is 1.27 bits per heavy atom. The van der Waals surface area contributed by atoms with Crippen LogP contribution in [-0.2, 0) is 9.59 Å². The molecule has 0 radical (unpaired) electrons. The molecule has 1 aliphatic carbocycles. The summed E-state index contributed by atoms with van der Waals surface area (Å²) in [5.41, 5.74) is -0.964. The lowest BCUT2D eigenvalue weighted by Gasteiger charge is -2.37. The number of carbonyl (C=O) groups is 2. The minimum atomic E-state index is -4.28. The van der Waals surface area contributed by atoms with Crippen molar-refractivity contribution in [1.82, 2.24) is 5.32 Å². The summed E-state index contributed by atoms with van der Waals surface area (Å²) < 4.78 is 38.4. The second kappa shape index (κ2) is 6.87. The molecule has 4 nitrogen and oxygen atoms in total. The minimum absolute atomic E-state index is 0.0594. The average Bonchev–Trinajstić information content (AvgIpc) is 2.36. The Kier molecular flexibility index (Phi) is 5.87. The normalized spacial score (nSPS) is 25.6. The van der Waals surface area contributed by atoms with Gasteiger partial charge in [0.15, 0.2) is 0 Å². The Bertz CT molecular complexity index is 423. The molecule has 1 fully saturated rings. The number of halogens is 3. The van der Waals surface area contributed by atoms with Crippen molar-refractivity contribution in [2.45, 2.75) is 64.6 Å². The number of carboxylic acid groups (broad SMARTS) is 1. The number of amides is 1. The monoisotopic (exact) mass is 323 g/mol. The van der Waals surface area contributed by atoms with E-state index in [1.54, 1.807) is 20.8 Å². The van der Waals surface area contributed by atoms with Crippen molar-refractivity contribution < 1.29 is 27.9 Å². The molecule has 1 amide bonds. The van der Waals surface area contributed by atoms with E-state index in [0.717, 1.165) is 0 Å². The second-order valence-electron chi connectivity index (χ2n) is 6.73. The fraction of sp³-hybridized carbons (Fsp3) is 0.867. The highest BCUT2D eigenvalue weighted by atomic mass is 19.4. The van der Waals surface area contributed by atoms with Crippen molar-refractivity contribution in [2.24, 2.45) is 17.8 Å². The molecule has 22 heavy (non-hydrogen) atoms. The Morgan fingerprint density at radius 3 is 2.32 bits per heavy atom. The van der Waals surface area contributed by atoms with E-state index in [0.29, 0.717) is 12.8 Å². The molecule has 0 heterocycles. The lowest BCUT2D eigenvalue weighted by Crippen LogP contribution is -2.53. The maximum Gasteiger partial charge on any atom is 0.391 e. The van der Waals surface area contributed by atoms with Crippen LogP contribution in [0.5, 0.6) is 0 Å². The molecule has 0 aromatic carbocycles. The van der Waals surface area contributed by atoms with E-state index in [-0.39, 0.29) is 25.2 Å². The van der Waals surface area contributed by atoms with Crippen LogP contribution in [0.4, 0.5) is 13.2 Å². The van der Waals surface area contributed by atoms with Gasteiger partial charge in [0.2, 0.25) is 5.91 Å². The molecule has 1 rings (SSSR count). The molecular weight excluding hydrogens is 299 g/mol. The number of alkyl halides is 3. The number of carboxylic acids is 1. The summed E-state index contributed by atoms with van der Waals surface area (Å²) in [6.45, 7) is 5.18. The fourth-order valence-electron chi connectivity index (χ4n) is 2.82.